The average Bonchev–Trinajstić information content (AvgIpc) is 3.38. The van der Waals surface area contributed by atoms with Gasteiger partial charge in [-0.25, -0.2) is 4.98 Å². The van der Waals surface area contributed by atoms with Gasteiger partial charge in [-0.2, -0.15) is 0 Å². The number of rotatable bonds is 14. The first-order valence-electron chi connectivity index (χ1n) is 13.1. The number of aliphatic hydroxyl groups is 1. The zero-order valence-electron chi connectivity index (χ0n) is 22.2. The molecule has 0 aliphatic carbocycles. The fourth-order valence-corrected chi connectivity index (χ4v) is 4.57. The smallest absolute Gasteiger partial charge is 0.243 e. The normalized spacial score (nSPS) is 14.7. The largest absolute Gasteiger partial charge is 0.391 e. The monoisotopic (exact) mass is 504 g/mol. The molecule has 2 aromatic carbocycles. The molecule has 2 amide bonds. The highest BCUT2D eigenvalue weighted by atomic mass is 16.3. The quantitative estimate of drug-likeness (QED) is 0.248. The van der Waals surface area contributed by atoms with Crippen molar-refractivity contribution in [3.63, 3.8) is 0 Å². The number of aromatic amines is 1. The van der Waals surface area contributed by atoms with Crippen molar-refractivity contribution in [2.45, 2.75) is 77.0 Å². The molecule has 0 spiro atoms. The second-order valence-electron chi connectivity index (χ2n) is 10.4. The predicted molar refractivity (Wildman–Crippen MR) is 146 cm³/mol. The molecule has 3 rings (SSSR count). The summed E-state index contributed by atoms with van der Waals surface area (Å²) >= 11 is 0. The molecule has 0 saturated carbocycles. The van der Waals surface area contributed by atoms with Gasteiger partial charge in [-0.1, -0.05) is 88.4 Å². The van der Waals surface area contributed by atoms with Crippen LogP contribution in [0, 0.1) is 5.92 Å². The van der Waals surface area contributed by atoms with Crippen LogP contribution in [0.2, 0.25) is 0 Å². The van der Waals surface area contributed by atoms with Gasteiger partial charge in [0.15, 0.2) is 0 Å². The molecule has 198 valence electrons. The minimum absolute atomic E-state index is 0.0749. The Morgan fingerprint density at radius 1 is 0.973 bits per heavy atom. The van der Waals surface area contributed by atoms with Gasteiger partial charge in [0, 0.05) is 17.8 Å². The highest BCUT2D eigenvalue weighted by Gasteiger charge is 2.30. The first-order valence-corrected chi connectivity index (χ1v) is 13.1. The molecule has 0 fully saturated rings. The van der Waals surface area contributed by atoms with E-state index in [2.05, 4.69) is 46.6 Å². The van der Waals surface area contributed by atoms with E-state index in [9.17, 15) is 14.7 Å². The second kappa shape index (κ2) is 13.7. The highest BCUT2D eigenvalue weighted by molar-refractivity contribution is 5.84. The van der Waals surface area contributed by atoms with Crippen molar-refractivity contribution < 1.29 is 14.7 Å². The topological polar surface area (TPSA) is 107 Å². The first kappa shape index (κ1) is 28.1. The lowest BCUT2D eigenvalue weighted by Gasteiger charge is -2.29. The summed E-state index contributed by atoms with van der Waals surface area (Å²) in [6.07, 6.45) is 3.15. The van der Waals surface area contributed by atoms with E-state index in [0.29, 0.717) is 31.6 Å². The number of carbonyl (C=O) groups is 2. The molecule has 3 aromatic rings. The van der Waals surface area contributed by atoms with Crippen molar-refractivity contribution in [3.05, 3.63) is 89.5 Å². The number of aromatic nitrogens is 2. The predicted octanol–water partition coefficient (Wildman–Crippen LogP) is 4.11. The van der Waals surface area contributed by atoms with Crippen molar-refractivity contribution in [2.24, 2.45) is 5.92 Å². The lowest BCUT2D eigenvalue weighted by molar-refractivity contribution is -0.127. The number of nitrogens with one attached hydrogen (secondary N) is 3. The van der Waals surface area contributed by atoms with Crippen LogP contribution in [0.15, 0.2) is 66.9 Å². The Bertz CT molecular complexity index is 1100. The molecular formula is C30H40N4O3. The van der Waals surface area contributed by atoms with Gasteiger partial charge in [-0.3, -0.25) is 9.59 Å². The molecule has 4 N–H and O–H groups in total. The number of H-pyrrole nitrogens is 1. The van der Waals surface area contributed by atoms with Gasteiger partial charge < -0.3 is 20.7 Å². The molecular weight excluding hydrogens is 464 g/mol. The van der Waals surface area contributed by atoms with E-state index in [1.165, 1.54) is 0 Å². The first-order chi connectivity index (χ1) is 17.8. The molecule has 1 heterocycles. The summed E-state index contributed by atoms with van der Waals surface area (Å²) in [6, 6.07) is 18.7. The third-order valence-electron chi connectivity index (χ3n) is 6.76. The van der Waals surface area contributed by atoms with E-state index in [1.54, 1.807) is 0 Å². The Kier molecular flexibility index (Phi) is 10.4. The molecule has 4 atom stereocenters. The Balaban J connectivity index is 1.86. The summed E-state index contributed by atoms with van der Waals surface area (Å²) in [5, 5.41) is 17.2. The third-order valence-corrected chi connectivity index (χ3v) is 6.76. The van der Waals surface area contributed by atoms with Gasteiger partial charge in [0.1, 0.15) is 11.9 Å². The molecule has 0 aliphatic rings. The molecule has 0 unspecified atom stereocenters. The zero-order chi connectivity index (χ0) is 26.8. The molecule has 0 radical (unpaired) electrons. The summed E-state index contributed by atoms with van der Waals surface area (Å²) in [7, 11) is 0. The van der Waals surface area contributed by atoms with Crippen LogP contribution >= 0.6 is 0 Å². The minimum atomic E-state index is -0.838. The Morgan fingerprint density at radius 2 is 1.57 bits per heavy atom. The van der Waals surface area contributed by atoms with E-state index >= 15 is 0 Å². The average molecular weight is 505 g/mol. The van der Waals surface area contributed by atoms with Crippen LogP contribution in [-0.4, -0.2) is 45.6 Å². The Hall–Kier alpha value is -3.45. The van der Waals surface area contributed by atoms with Crippen molar-refractivity contribution in [1.29, 1.82) is 0 Å². The van der Waals surface area contributed by atoms with Gasteiger partial charge >= 0.3 is 0 Å². The van der Waals surface area contributed by atoms with Crippen LogP contribution in [0.5, 0.6) is 0 Å². The summed E-state index contributed by atoms with van der Waals surface area (Å²) < 4.78 is 0. The van der Waals surface area contributed by atoms with Gasteiger partial charge in [-0.05, 0) is 42.2 Å². The van der Waals surface area contributed by atoms with Gasteiger partial charge in [-0.15, -0.1) is 0 Å². The molecule has 0 aliphatic heterocycles. The van der Waals surface area contributed by atoms with Crippen LogP contribution in [0.4, 0.5) is 0 Å². The third kappa shape index (κ3) is 8.29. The van der Waals surface area contributed by atoms with E-state index < -0.39 is 18.2 Å². The highest BCUT2D eigenvalue weighted by Crippen LogP contribution is 2.27. The number of amides is 2. The lowest BCUT2D eigenvalue weighted by Crippen LogP contribution is -2.53. The summed E-state index contributed by atoms with van der Waals surface area (Å²) in [6.45, 7) is 7.98. The van der Waals surface area contributed by atoms with E-state index in [4.69, 9.17) is 0 Å². The Labute approximate surface area is 220 Å². The molecule has 0 saturated heterocycles. The number of benzene rings is 2. The maximum Gasteiger partial charge on any atom is 0.243 e. The number of aliphatic hydroxyl groups excluding tert-OH is 1. The van der Waals surface area contributed by atoms with Crippen LogP contribution in [-0.2, 0) is 22.4 Å². The standard InChI is InChI=1S/C30H40N4O3/c1-20(2)26-18-31-29(33-26)24(15-22-11-7-5-8-12-22)17-27(36)25(16-23-13-9-6-10-14-23)34-30(37)28(21(3)4)32-19-35/h5-14,18-21,24-25,27-28,36H,15-17H2,1-4H3,(H,31,33)(H,32,35)(H,34,37)/t24-,25+,27+,28+/m1/s1. The lowest BCUT2D eigenvalue weighted by atomic mass is 9.88. The fourth-order valence-electron chi connectivity index (χ4n) is 4.57. The zero-order valence-corrected chi connectivity index (χ0v) is 22.2. The number of hydrogen-bond acceptors (Lipinski definition) is 4. The van der Waals surface area contributed by atoms with Gasteiger partial charge in [0.05, 0.1) is 12.1 Å². The fraction of sp³-hybridized carbons (Fsp3) is 0.433. The van der Waals surface area contributed by atoms with Crippen LogP contribution in [0.25, 0.3) is 0 Å². The van der Waals surface area contributed by atoms with Crippen LogP contribution in [0.3, 0.4) is 0 Å². The van der Waals surface area contributed by atoms with Gasteiger partial charge in [0.25, 0.3) is 0 Å². The summed E-state index contributed by atoms with van der Waals surface area (Å²) in [5.74, 6) is 0.671. The van der Waals surface area contributed by atoms with Crippen molar-refractivity contribution >= 4 is 12.3 Å². The van der Waals surface area contributed by atoms with Crippen LogP contribution in [0.1, 0.15) is 68.6 Å². The molecule has 7 nitrogen and oxygen atoms in total. The van der Waals surface area contributed by atoms with E-state index in [0.717, 1.165) is 22.6 Å². The SMILES string of the molecule is CC(C)c1cnc([C@H](Cc2ccccc2)C[C@H](O)[C@H](Cc2ccccc2)NC(=O)[C@@H](NC=O)C(C)C)[nH]1. The summed E-state index contributed by atoms with van der Waals surface area (Å²) in [5.41, 5.74) is 3.22. The van der Waals surface area contributed by atoms with E-state index in [-0.39, 0.29) is 17.7 Å². The minimum Gasteiger partial charge on any atom is -0.391 e. The van der Waals surface area contributed by atoms with Gasteiger partial charge in [0.2, 0.25) is 12.3 Å². The van der Waals surface area contributed by atoms with Crippen molar-refractivity contribution in [2.75, 3.05) is 0 Å². The van der Waals surface area contributed by atoms with Crippen molar-refractivity contribution in [3.8, 4) is 0 Å². The summed E-state index contributed by atoms with van der Waals surface area (Å²) in [4.78, 5) is 32.4. The Morgan fingerprint density at radius 3 is 2.08 bits per heavy atom. The maximum absolute atomic E-state index is 13.1. The molecule has 37 heavy (non-hydrogen) atoms. The molecule has 7 heteroatoms. The molecule has 0 bridgehead atoms. The molecule has 1 aromatic heterocycles. The second-order valence-corrected chi connectivity index (χ2v) is 10.4. The number of hydrogen-bond donors (Lipinski definition) is 4. The van der Waals surface area contributed by atoms with Crippen molar-refractivity contribution in [1.82, 2.24) is 20.6 Å². The number of imidazole rings is 1. The number of nitrogens with zero attached hydrogens (tertiary/aromatic N) is 1. The van der Waals surface area contributed by atoms with Crippen LogP contribution < -0.4 is 10.6 Å². The number of carbonyl (C=O) groups excluding carboxylic acids is 2. The van der Waals surface area contributed by atoms with E-state index in [1.807, 2.05) is 68.6 Å². The maximum atomic E-state index is 13.1.